The molecule has 2 N–H and O–H groups in total. The van der Waals surface area contributed by atoms with Gasteiger partial charge in [0.2, 0.25) is 0 Å². The molecule has 1 aliphatic rings. The molecule has 2 rings (SSSR count). The molecule has 0 radical (unpaired) electrons. The number of nitrogens with zero attached hydrogens (tertiary/aromatic N) is 2. The van der Waals surface area contributed by atoms with Gasteiger partial charge in [0.05, 0.1) is 6.04 Å². The Morgan fingerprint density at radius 1 is 1.16 bits per heavy atom. The molecule has 0 aliphatic carbocycles. The highest BCUT2D eigenvalue weighted by atomic mass is 16.5. The molecular weight excluding hydrogens is 238 g/mol. The van der Waals surface area contributed by atoms with Gasteiger partial charge in [0.1, 0.15) is 12.4 Å². The average Bonchev–Trinajstić information content (AvgIpc) is 2.43. The Kier molecular flexibility index (Phi) is 5.19. The molecule has 106 valence electrons. The van der Waals surface area contributed by atoms with Crippen LogP contribution in [0.2, 0.25) is 0 Å². The summed E-state index contributed by atoms with van der Waals surface area (Å²) in [4.78, 5) is 4.79. The Morgan fingerprint density at radius 2 is 1.79 bits per heavy atom. The molecule has 1 aromatic carbocycles. The lowest BCUT2D eigenvalue weighted by atomic mass is 10.2. The van der Waals surface area contributed by atoms with Crippen LogP contribution in [-0.2, 0) is 0 Å². The average molecular weight is 263 g/mol. The topological polar surface area (TPSA) is 41.7 Å². The van der Waals surface area contributed by atoms with E-state index in [9.17, 15) is 0 Å². The van der Waals surface area contributed by atoms with Crippen molar-refractivity contribution in [2.24, 2.45) is 5.73 Å². The van der Waals surface area contributed by atoms with Crippen LogP contribution in [-0.4, -0.2) is 62.2 Å². The lowest BCUT2D eigenvalue weighted by Gasteiger charge is -2.37. The van der Waals surface area contributed by atoms with E-state index in [1.165, 1.54) is 5.56 Å². The van der Waals surface area contributed by atoms with Gasteiger partial charge in [-0.3, -0.25) is 4.90 Å². The van der Waals surface area contributed by atoms with Gasteiger partial charge in [0.15, 0.2) is 0 Å². The van der Waals surface area contributed by atoms with E-state index >= 15 is 0 Å². The monoisotopic (exact) mass is 263 g/mol. The summed E-state index contributed by atoms with van der Waals surface area (Å²) in [5.74, 6) is 0.929. The van der Waals surface area contributed by atoms with Crippen LogP contribution < -0.4 is 10.5 Å². The van der Waals surface area contributed by atoms with Crippen molar-refractivity contribution < 1.29 is 4.74 Å². The predicted molar refractivity (Wildman–Crippen MR) is 78.6 cm³/mol. The van der Waals surface area contributed by atoms with Gasteiger partial charge in [-0.15, -0.1) is 0 Å². The van der Waals surface area contributed by atoms with Crippen LogP contribution in [0.5, 0.6) is 5.75 Å². The zero-order chi connectivity index (χ0) is 13.7. The third-order valence-corrected chi connectivity index (χ3v) is 3.79. The fourth-order valence-corrected chi connectivity index (χ4v) is 2.34. The van der Waals surface area contributed by atoms with Crippen molar-refractivity contribution in [2.75, 3.05) is 46.4 Å². The minimum atomic E-state index is 0.315. The van der Waals surface area contributed by atoms with E-state index in [-0.39, 0.29) is 0 Å². The van der Waals surface area contributed by atoms with Crippen molar-refractivity contribution in [3.63, 3.8) is 0 Å². The second kappa shape index (κ2) is 6.89. The minimum absolute atomic E-state index is 0.315. The molecule has 4 nitrogen and oxygen atoms in total. The zero-order valence-corrected chi connectivity index (χ0v) is 12.0. The molecule has 1 unspecified atom stereocenters. The number of aryl methyl sites for hydroxylation is 1. The maximum absolute atomic E-state index is 5.89. The lowest BCUT2D eigenvalue weighted by Crippen LogP contribution is -2.53. The Bertz CT molecular complexity index is 371. The highest BCUT2D eigenvalue weighted by Crippen LogP contribution is 2.13. The van der Waals surface area contributed by atoms with Crippen molar-refractivity contribution in [2.45, 2.75) is 13.0 Å². The van der Waals surface area contributed by atoms with Crippen LogP contribution >= 0.6 is 0 Å². The van der Waals surface area contributed by atoms with Crippen LogP contribution in [0.4, 0.5) is 0 Å². The first-order valence-electron chi connectivity index (χ1n) is 7.01. The molecule has 0 spiro atoms. The number of rotatable bonds is 5. The number of likely N-dealkylation sites (N-methyl/N-ethyl adjacent to an activating group) is 1. The number of ether oxygens (including phenoxy) is 1. The van der Waals surface area contributed by atoms with Crippen LogP contribution in [0.3, 0.4) is 0 Å². The maximum Gasteiger partial charge on any atom is 0.119 e. The van der Waals surface area contributed by atoms with Crippen molar-refractivity contribution in [1.29, 1.82) is 0 Å². The van der Waals surface area contributed by atoms with Crippen LogP contribution in [0.15, 0.2) is 24.3 Å². The standard InChI is InChI=1S/C15H25N3O/c1-13-3-5-15(6-4-13)19-12-14(11-16)18-9-7-17(2)8-10-18/h3-6,14H,7-12,16H2,1-2H3. The van der Waals surface area contributed by atoms with Crippen molar-refractivity contribution in [3.05, 3.63) is 29.8 Å². The first kappa shape index (κ1) is 14.3. The molecule has 0 aromatic heterocycles. The molecule has 1 atom stereocenters. The van der Waals surface area contributed by atoms with Gasteiger partial charge in [-0.05, 0) is 26.1 Å². The van der Waals surface area contributed by atoms with Gasteiger partial charge in [-0.25, -0.2) is 0 Å². The van der Waals surface area contributed by atoms with Gasteiger partial charge in [0, 0.05) is 32.7 Å². The maximum atomic E-state index is 5.89. The molecule has 1 heterocycles. The SMILES string of the molecule is Cc1ccc(OCC(CN)N2CCN(C)CC2)cc1. The van der Waals surface area contributed by atoms with Crippen molar-refractivity contribution in [3.8, 4) is 5.75 Å². The summed E-state index contributed by atoms with van der Waals surface area (Å²) in [5, 5.41) is 0. The summed E-state index contributed by atoms with van der Waals surface area (Å²) < 4.78 is 5.86. The first-order chi connectivity index (χ1) is 9.19. The van der Waals surface area contributed by atoms with Gasteiger partial charge in [-0.2, -0.15) is 0 Å². The summed E-state index contributed by atoms with van der Waals surface area (Å²) in [7, 11) is 2.16. The fourth-order valence-electron chi connectivity index (χ4n) is 2.34. The number of nitrogens with two attached hydrogens (primary N) is 1. The Labute approximate surface area is 116 Å². The van der Waals surface area contributed by atoms with E-state index in [0.717, 1.165) is 31.9 Å². The Balaban J connectivity index is 1.83. The summed E-state index contributed by atoms with van der Waals surface area (Å²) in [6.07, 6.45) is 0. The van der Waals surface area contributed by atoms with Crippen molar-refractivity contribution >= 4 is 0 Å². The molecule has 19 heavy (non-hydrogen) atoms. The van der Waals surface area contributed by atoms with Gasteiger partial charge < -0.3 is 15.4 Å². The zero-order valence-electron chi connectivity index (χ0n) is 12.0. The van der Waals surface area contributed by atoms with Crippen LogP contribution in [0.1, 0.15) is 5.56 Å². The summed E-state index contributed by atoms with van der Waals surface area (Å²) in [6.45, 7) is 7.78. The van der Waals surface area contributed by atoms with E-state index in [1.807, 2.05) is 12.1 Å². The predicted octanol–water partition coefficient (Wildman–Crippen LogP) is 0.949. The second-order valence-electron chi connectivity index (χ2n) is 5.35. The largest absolute Gasteiger partial charge is 0.492 e. The number of piperazine rings is 1. The molecule has 0 saturated carbocycles. The highest BCUT2D eigenvalue weighted by molar-refractivity contribution is 5.26. The third kappa shape index (κ3) is 4.20. The van der Waals surface area contributed by atoms with E-state index in [1.54, 1.807) is 0 Å². The van der Waals surface area contributed by atoms with Gasteiger partial charge >= 0.3 is 0 Å². The van der Waals surface area contributed by atoms with Crippen molar-refractivity contribution in [1.82, 2.24) is 9.80 Å². The van der Waals surface area contributed by atoms with E-state index in [4.69, 9.17) is 10.5 Å². The molecule has 1 aliphatic heterocycles. The summed E-state index contributed by atoms with van der Waals surface area (Å²) >= 11 is 0. The number of benzene rings is 1. The smallest absolute Gasteiger partial charge is 0.119 e. The Morgan fingerprint density at radius 3 is 2.37 bits per heavy atom. The second-order valence-corrected chi connectivity index (χ2v) is 5.35. The van der Waals surface area contributed by atoms with E-state index in [2.05, 4.69) is 35.9 Å². The first-order valence-corrected chi connectivity index (χ1v) is 7.01. The fraction of sp³-hybridized carbons (Fsp3) is 0.600. The quantitative estimate of drug-likeness (QED) is 0.859. The molecule has 0 amide bonds. The molecule has 1 fully saturated rings. The molecule has 1 aromatic rings. The lowest BCUT2D eigenvalue weighted by molar-refractivity contribution is 0.0856. The Hall–Kier alpha value is -1.10. The molecular formula is C15H25N3O. The van der Waals surface area contributed by atoms with E-state index < -0.39 is 0 Å². The van der Waals surface area contributed by atoms with Crippen LogP contribution in [0.25, 0.3) is 0 Å². The molecule has 4 heteroatoms. The highest BCUT2D eigenvalue weighted by Gasteiger charge is 2.21. The van der Waals surface area contributed by atoms with Crippen LogP contribution in [0, 0.1) is 6.92 Å². The summed E-state index contributed by atoms with van der Waals surface area (Å²) in [6, 6.07) is 8.50. The normalized spacial score (nSPS) is 19.3. The molecule has 1 saturated heterocycles. The number of hydrogen-bond acceptors (Lipinski definition) is 4. The minimum Gasteiger partial charge on any atom is -0.492 e. The van der Waals surface area contributed by atoms with Gasteiger partial charge in [-0.1, -0.05) is 17.7 Å². The van der Waals surface area contributed by atoms with Gasteiger partial charge in [0.25, 0.3) is 0 Å². The third-order valence-electron chi connectivity index (χ3n) is 3.79. The number of hydrogen-bond donors (Lipinski definition) is 1. The molecule has 0 bridgehead atoms. The summed E-state index contributed by atoms with van der Waals surface area (Å²) in [5.41, 5.74) is 7.14. The van der Waals surface area contributed by atoms with E-state index in [0.29, 0.717) is 19.2 Å².